The Morgan fingerprint density at radius 3 is 2.32 bits per heavy atom. The Bertz CT molecular complexity index is 267. The normalized spacial score (nSPS) is 32.2. The van der Waals surface area contributed by atoms with Crippen LogP contribution in [0.25, 0.3) is 0 Å². The highest BCUT2D eigenvalue weighted by Crippen LogP contribution is 2.49. The van der Waals surface area contributed by atoms with Crippen LogP contribution in [0.4, 0.5) is 0 Å². The van der Waals surface area contributed by atoms with Crippen LogP contribution in [-0.4, -0.2) is 37.1 Å². The van der Waals surface area contributed by atoms with Crippen LogP contribution in [-0.2, 0) is 0 Å². The topological polar surface area (TPSA) is 15.3 Å². The smallest absolute Gasteiger partial charge is 0.0195 e. The molecule has 1 spiro atoms. The van der Waals surface area contributed by atoms with Gasteiger partial charge in [0, 0.05) is 18.6 Å². The van der Waals surface area contributed by atoms with Crippen LogP contribution in [0.15, 0.2) is 0 Å². The van der Waals surface area contributed by atoms with Crippen molar-refractivity contribution in [1.82, 2.24) is 10.2 Å². The predicted octanol–water partition coefficient (Wildman–Crippen LogP) is 3.56. The molecule has 3 fully saturated rings. The quantitative estimate of drug-likeness (QED) is 0.838. The summed E-state index contributed by atoms with van der Waals surface area (Å²) in [6, 6.07) is 1.64. The zero-order valence-electron chi connectivity index (χ0n) is 12.8. The van der Waals surface area contributed by atoms with Crippen LogP contribution >= 0.6 is 0 Å². The molecule has 1 saturated heterocycles. The summed E-state index contributed by atoms with van der Waals surface area (Å²) in [5.74, 6) is 0. The zero-order valence-corrected chi connectivity index (χ0v) is 12.8. The van der Waals surface area contributed by atoms with Crippen molar-refractivity contribution in [3.05, 3.63) is 0 Å². The van der Waals surface area contributed by atoms with Gasteiger partial charge in [-0.15, -0.1) is 0 Å². The van der Waals surface area contributed by atoms with Gasteiger partial charge in [0.2, 0.25) is 0 Å². The number of likely N-dealkylation sites (N-methyl/N-ethyl adjacent to an activating group) is 1. The number of nitrogens with one attached hydrogen (secondary N) is 1. The first-order valence-electron chi connectivity index (χ1n) is 8.71. The van der Waals surface area contributed by atoms with E-state index in [1.54, 1.807) is 0 Å². The first kappa shape index (κ1) is 13.9. The molecule has 2 aliphatic carbocycles. The highest BCUT2D eigenvalue weighted by molar-refractivity contribution is 4.92. The molecule has 2 heteroatoms. The minimum atomic E-state index is 0.765. The molecule has 3 rings (SSSR count). The maximum Gasteiger partial charge on any atom is 0.0195 e. The monoisotopic (exact) mass is 264 g/mol. The second kappa shape index (κ2) is 6.13. The molecule has 19 heavy (non-hydrogen) atoms. The number of nitrogens with zero attached hydrogens (tertiary/aromatic N) is 1. The fraction of sp³-hybridized carbons (Fsp3) is 1.00. The molecule has 2 nitrogen and oxygen atoms in total. The summed E-state index contributed by atoms with van der Waals surface area (Å²) in [5, 5.41) is 3.70. The molecule has 1 aliphatic heterocycles. The van der Waals surface area contributed by atoms with Gasteiger partial charge in [-0.05, 0) is 70.4 Å². The summed E-state index contributed by atoms with van der Waals surface area (Å²) in [5.41, 5.74) is 0.792. The van der Waals surface area contributed by atoms with E-state index >= 15 is 0 Å². The Hall–Kier alpha value is -0.0800. The summed E-state index contributed by atoms with van der Waals surface area (Å²) < 4.78 is 0. The highest BCUT2D eigenvalue weighted by atomic mass is 15.2. The first-order valence-corrected chi connectivity index (χ1v) is 8.71. The Morgan fingerprint density at radius 2 is 1.68 bits per heavy atom. The molecule has 0 bridgehead atoms. The number of hydrogen-bond acceptors (Lipinski definition) is 2. The molecule has 1 unspecified atom stereocenters. The average Bonchev–Trinajstić information content (AvgIpc) is 2.89. The van der Waals surface area contributed by atoms with Gasteiger partial charge in [0.1, 0.15) is 0 Å². The minimum absolute atomic E-state index is 0.765. The van der Waals surface area contributed by atoms with Crippen LogP contribution in [0.2, 0.25) is 0 Å². The number of hydrogen-bond donors (Lipinski definition) is 1. The average molecular weight is 264 g/mol. The van der Waals surface area contributed by atoms with E-state index in [9.17, 15) is 0 Å². The van der Waals surface area contributed by atoms with Gasteiger partial charge in [0.15, 0.2) is 0 Å². The van der Waals surface area contributed by atoms with Crippen LogP contribution < -0.4 is 5.32 Å². The van der Waals surface area contributed by atoms with Crippen LogP contribution in [0, 0.1) is 5.41 Å². The van der Waals surface area contributed by atoms with Crippen molar-refractivity contribution in [2.24, 2.45) is 5.41 Å². The van der Waals surface area contributed by atoms with Crippen molar-refractivity contribution >= 4 is 0 Å². The standard InChI is InChI=1S/C17H32N2/c1-19(14-15-6-2-5-13-18-15)16-7-11-17(12-8-16)9-3-4-10-17/h15-16,18H,2-14H2,1H3. The zero-order chi connectivity index (χ0) is 13.1. The largest absolute Gasteiger partial charge is 0.313 e. The van der Waals surface area contributed by atoms with E-state index in [0.717, 1.165) is 17.5 Å². The van der Waals surface area contributed by atoms with E-state index in [1.807, 2.05) is 0 Å². The third kappa shape index (κ3) is 3.33. The molecule has 110 valence electrons. The number of rotatable bonds is 3. The Labute approximate surface area is 119 Å². The SMILES string of the molecule is CN(CC1CCCCN1)C1CCC2(CCCC2)CC1. The van der Waals surface area contributed by atoms with Gasteiger partial charge >= 0.3 is 0 Å². The molecule has 1 N–H and O–H groups in total. The van der Waals surface area contributed by atoms with Crippen molar-refractivity contribution in [2.45, 2.75) is 82.7 Å². The van der Waals surface area contributed by atoms with Gasteiger partial charge in [-0.2, -0.15) is 0 Å². The molecular weight excluding hydrogens is 232 g/mol. The second-order valence-corrected chi connectivity index (χ2v) is 7.52. The maximum absolute atomic E-state index is 3.70. The molecule has 0 aromatic heterocycles. The summed E-state index contributed by atoms with van der Waals surface area (Å²) in [6.07, 6.45) is 16.2. The van der Waals surface area contributed by atoms with Gasteiger partial charge in [-0.1, -0.05) is 19.3 Å². The first-order chi connectivity index (χ1) is 9.27. The third-order valence-electron chi connectivity index (χ3n) is 6.22. The van der Waals surface area contributed by atoms with Crippen molar-refractivity contribution < 1.29 is 0 Å². The molecule has 0 radical (unpaired) electrons. The van der Waals surface area contributed by atoms with Crippen molar-refractivity contribution in [3.8, 4) is 0 Å². The molecule has 0 aromatic rings. The van der Waals surface area contributed by atoms with Crippen molar-refractivity contribution in [1.29, 1.82) is 0 Å². The lowest BCUT2D eigenvalue weighted by atomic mass is 9.71. The van der Waals surface area contributed by atoms with Crippen LogP contribution in [0.3, 0.4) is 0 Å². The lowest BCUT2D eigenvalue weighted by molar-refractivity contribution is 0.0987. The number of piperidine rings is 1. The predicted molar refractivity (Wildman–Crippen MR) is 81.4 cm³/mol. The highest BCUT2D eigenvalue weighted by Gasteiger charge is 2.38. The molecule has 1 atom stereocenters. The van der Waals surface area contributed by atoms with Gasteiger partial charge < -0.3 is 10.2 Å². The van der Waals surface area contributed by atoms with E-state index in [0.29, 0.717) is 0 Å². The minimum Gasteiger partial charge on any atom is -0.313 e. The van der Waals surface area contributed by atoms with E-state index in [4.69, 9.17) is 0 Å². The maximum atomic E-state index is 3.70. The Kier molecular flexibility index (Phi) is 4.48. The summed E-state index contributed by atoms with van der Waals surface area (Å²) in [4.78, 5) is 2.67. The Balaban J connectivity index is 1.44. The lowest BCUT2D eigenvalue weighted by Gasteiger charge is -2.42. The second-order valence-electron chi connectivity index (χ2n) is 7.52. The van der Waals surface area contributed by atoms with Crippen LogP contribution in [0.1, 0.15) is 70.6 Å². The summed E-state index contributed by atoms with van der Waals surface area (Å²) >= 11 is 0. The summed E-state index contributed by atoms with van der Waals surface area (Å²) in [6.45, 7) is 2.52. The Morgan fingerprint density at radius 1 is 0.947 bits per heavy atom. The third-order valence-corrected chi connectivity index (χ3v) is 6.22. The van der Waals surface area contributed by atoms with E-state index in [-0.39, 0.29) is 0 Å². The fourth-order valence-electron chi connectivity index (χ4n) is 4.86. The lowest BCUT2D eigenvalue weighted by Crippen LogP contribution is -2.47. The van der Waals surface area contributed by atoms with Gasteiger partial charge in [-0.25, -0.2) is 0 Å². The fourth-order valence-corrected chi connectivity index (χ4v) is 4.86. The molecule has 0 amide bonds. The van der Waals surface area contributed by atoms with Crippen molar-refractivity contribution in [2.75, 3.05) is 20.1 Å². The van der Waals surface area contributed by atoms with Gasteiger partial charge in [-0.3, -0.25) is 0 Å². The van der Waals surface area contributed by atoms with Crippen molar-refractivity contribution in [3.63, 3.8) is 0 Å². The van der Waals surface area contributed by atoms with E-state index in [1.165, 1.54) is 83.7 Å². The molecule has 1 heterocycles. The molecule has 2 saturated carbocycles. The van der Waals surface area contributed by atoms with Crippen LogP contribution in [0.5, 0.6) is 0 Å². The van der Waals surface area contributed by atoms with E-state index < -0.39 is 0 Å². The summed E-state index contributed by atoms with van der Waals surface area (Å²) in [7, 11) is 2.37. The van der Waals surface area contributed by atoms with Gasteiger partial charge in [0.25, 0.3) is 0 Å². The molecule has 0 aromatic carbocycles. The van der Waals surface area contributed by atoms with E-state index in [2.05, 4.69) is 17.3 Å². The molecule has 3 aliphatic rings. The molecular formula is C17H32N2. The van der Waals surface area contributed by atoms with Gasteiger partial charge in [0.05, 0.1) is 0 Å².